The number of esters is 1. The number of ether oxygens (including phenoxy) is 3. The van der Waals surface area contributed by atoms with E-state index in [1.165, 1.54) is 17.7 Å². The van der Waals surface area contributed by atoms with Gasteiger partial charge in [0.05, 0.1) is 13.2 Å². The van der Waals surface area contributed by atoms with Crippen molar-refractivity contribution < 1.29 is 32.6 Å². The molecule has 0 unspecified atom stereocenters. The maximum atomic E-state index is 13.5. The lowest BCUT2D eigenvalue weighted by molar-refractivity contribution is -0.144. The van der Waals surface area contributed by atoms with Crippen molar-refractivity contribution in [3.05, 3.63) is 61.3 Å². The highest BCUT2D eigenvalue weighted by molar-refractivity contribution is 9.10. The number of aromatic nitrogens is 2. The minimum Gasteiger partial charge on any atom is -0.465 e. The molecule has 12 nitrogen and oxygen atoms in total. The molecule has 0 radical (unpaired) electrons. The lowest BCUT2D eigenvalue weighted by Crippen LogP contribution is -2.36. The Labute approximate surface area is 203 Å². The molecule has 34 heavy (non-hydrogen) atoms. The van der Waals surface area contributed by atoms with Crippen LogP contribution in [0.1, 0.15) is 25.6 Å². The number of nitrogens with zero attached hydrogens (tertiary/aromatic N) is 1. The first-order chi connectivity index (χ1) is 16.1. The van der Waals surface area contributed by atoms with Gasteiger partial charge in [-0.2, -0.15) is 5.09 Å². The van der Waals surface area contributed by atoms with Gasteiger partial charge in [0.25, 0.3) is 5.56 Å². The molecule has 14 heteroatoms. The summed E-state index contributed by atoms with van der Waals surface area (Å²) in [6.45, 7) is 4.46. The van der Waals surface area contributed by atoms with Crippen LogP contribution in [0.5, 0.6) is 5.75 Å². The van der Waals surface area contributed by atoms with E-state index in [0.717, 1.165) is 4.47 Å². The van der Waals surface area contributed by atoms with Crippen molar-refractivity contribution in [1.29, 1.82) is 0 Å². The van der Waals surface area contributed by atoms with Crippen LogP contribution in [0.4, 0.5) is 0 Å². The summed E-state index contributed by atoms with van der Waals surface area (Å²) in [6.07, 6.45) is -0.455. The minimum absolute atomic E-state index is 0.00997. The highest BCUT2D eigenvalue weighted by Gasteiger charge is 2.36. The number of aromatic amines is 1. The highest BCUT2D eigenvalue weighted by Crippen LogP contribution is 2.45. The van der Waals surface area contributed by atoms with E-state index in [1.807, 2.05) is 0 Å². The van der Waals surface area contributed by atoms with Gasteiger partial charge in [-0.05, 0) is 45.0 Å². The zero-order valence-corrected chi connectivity index (χ0v) is 21.2. The smallest absolute Gasteiger partial charge is 0.459 e. The van der Waals surface area contributed by atoms with Crippen molar-refractivity contribution in [3.8, 4) is 5.75 Å². The highest BCUT2D eigenvalue weighted by atomic mass is 79.9. The van der Waals surface area contributed by atoms with Gasteiger partial charge in [0, 0.05) is 16.2 Å². The van der Waals surface area contributed by atoms with Crippen molar-refractivity contribution in [2.45, 2.75) is 39.3 Å². The Balaban J connectivity index is 1.70. The first-order valence-corrected chi connectivity index (χ1v) is 12.7. The summed E-state index contributed by atoms with van der Waals surface area (Å²) in [5.74, 6) is -0.400. The summed E-state index contributed by atoms with van der Waals surface area (Å²) in [7, 11) is -4.10. The van der Waals surface area contributed by atoms with Crippen LogP contribution in [0.15, 0.2) is 44.5 Å². The number of hydrogen-bond acceptors (Lipinski definition) is 9. The molecular weight excluding hydrogens is 537 g/mol. The zero-order valence-electron chi connectivity index (χ0n) is 18.7. The second-order valence-electron chi connectivity index (χ2n) is 7.27. The summed E-state index contributed by atoms with van der Waals surface area (Å²) in [5, 5.41) is 2.55. The molecule has 0 bridgehead atoms. The molecule has 3 rings (SSSR count). The topological polar surface area (TPSA) is 147 Å². The first-order valence-electron chi connectivity index (χ1n) is 10.3. The predicted octanol–water partition coefficient (Wildman–Crippen LogP) is 2.22. The van der Waals surface area contributed by atoms with Gasteiger partial charge in [-0.25, -0.2) is 9.36 Å². The van der Waals surface area contributed by atoms with Gasteiger partial charge in [0.2, 0.25) is 0 Å². The third-order valence-electron chi connectivity index (χ3n) is 4.60. The van der Waals surface area contributed by atoms with Crippen LogP contribution < -0.4 is 20.9 Å². The van der Waals surface area contributed by atoms with E-state index in [-0.39, 0.29) is 25.6 Å². The number of H-pyrrole nitrogens is 1. The average molecular weight is 562 g/mol. The lowest BCUT2D eigenvalue weighted by Gasteiger charge is -2.23. The molecule has 2 N–H and O–H groups in total. The Hall–Kier alpha value is -2.28. The maximum absolute atomic E-state index is 13.5. The normalized spacial score (nSPS) is 20.5. The fourth-order valence-corrected chi connectivity index (χ4v) is 4.66. The summed E-state index contributed by atoms with van der Waals surface area (Å²) < 4.78 is 42.6. The number of halogens is 1. The van der Waals surface area contributed by atoms with Crippen LogP contribution in [0.3, 0.4) is 0 Å². The Morgan fingerprint density at radius 2 is 2.06 bits per heavy atom. The molecule has 1 aliphatic heterocycles. The van der Waals surface area contributed by atoms with Gasteiger partial charge in [-0.3, -0.25) is 23.7 Å². The van der Waals surface area contributed by atoms with Gasteiger partial charge in [0.15, 0.2) is 12.5 Å². The fraction of sp³-hybridized carbons (Fsp3) is 0.450. The molecule has 1 saturated heterocycles. The fourth-order valence-electron chi connectivity index (χ4n) is 2.92. The number of aryl methyl sites for hydroxylation is 1. The summed E-state index contributed by atoms with van der Waals surface area (Å²) in [5.41, 5.74) is -0.819. The van der Waals surface area contributed by atoms with Gasteiger partial charge in [0.1, 0.15) is 18.4 Å². The number of benzene rings is 1. The maximum Gasteiger partial charge on any atom is 0.459 e. The Morgan fingerprint density at radius 3 is 2.74 bits per heavy atom. The van der Waals surface area contributed by atoms with Gasteiger partial charge in [-0.15, -0.1) is 0 Å². The zero-order chi connectivity index (χ0) is 24.9. The molecule has 0 saturated carbocycles. The van der Waals surface area contributed by atoms with Crippen molar-refractivity contribution in [2.24, 2.45) is 0 Å². The Bertz CT molecular complexity index is 1170. The molecule has 0 aliphatic carbocycles. The molecule has 2 heterocycles. The van der Waals surface area contributed by atoms with Crippen LogP contribution >= 0.6 is 23.7 Å². The number of carbonyl (C=O) groups excluding carboxylic acids is 1. The quantitative estimate of drug-likeness (QED) is 0.326. The van der Waals surface area contributed by atoms with E-state index in [1.54, 1.807) is 38.1 Å². The molecule has 1 aromatic heterocycles. The van der Waals surface area contributed by atoms with Crippen LogP contribution in [0.2, 0.25) is 0 Å². The second-order valence-corrected chi connectivity index (χ2v) is 9.88. The summed E-state index contributed by atoms with van der Waals surface area (Å²) in [4.78, 5) is 37.9. The van der Waals surface area contributed by atoms with E-state index in [0.29, 0.717) is 5.56 Å². The SMILES string of the molecule is CCOC(=O)[C@H](C)N[P@](=O)(OC[C@@H]1OC[C@H](n2cc(C)c(=O)[nH]c2=O)O1)Oc1ccc(Br)cc1. The minimum atomic E-state index is -4.10. The van der Waals surface area contributed by atoms with Crippen molar-refractivity contribution in [2.75, 3.05) is 19.8 Å². The summed E-state index contributed by atoms with van der Waals surface area (Å²) in [6, 6.07) is 5.51. The first kappa shape index (κ1) is 26.3. The largest absolute Gasteiger partial charge is 0.465 e. The van der Waals surface area contributed by atoms with E-state index >= 15 is 0 Å². The van der Waals surface area contributed by atoms with E-state index < -0.39 is 43.5 Å². The number of rotatable bonds is 10. The molecule has 1 fully saturated rings. The van der Waals surface area contributed by atoms with Crippen molar-refractivity contribution in [1.82, 2.24) is 14.6 Å². The molecular formula is C20H25BrN3O9P. The second kappa shape index (κ2) is 11.4. The van der Waals surface area contributed by atoms with Gasteiger partial charge < -0.3 is 18.7 Å². The third kappa shape index (κ3) is 6.87. The number of nitrogens with one attached hydrogen (secondary N) is 2. The van der Waals surface area contributed by atoms with Gasteiger partial charge >= 0.3 is 19.4 Å². The van der Waals surface area contributed by atoms with Crippen molar-refractivity contribution in [3.63, 3.8) is 0 Å². The molecule has 186 valence electrons. The third-order valence-corrected chi connectivity index (χ3v) is 6.77. The standard InChI is InChI=1S/C20H25BrN3O9P/c1-4-29-19(26)13(3)23-34(28,33-15-7-5-14(21)6-8-15)31-11-17-30-10-16(32-17)24-9-12(2)18(25)22-20(24)27/h5-9,13,16-17H,4,10-11H2,1-3H3,(H,23,28)(H,22,25,27)/t13-,16+,17+,34-/m0/s1. The van der Waals surface area contributed by atoms with Crippen molar-refractivity contribution >= 4 is 29.6 Å². The van der Waals surface area contributed by atoms with E-state index in [9.17, 15) is 18.9 Å². The van der Waals surface area contributed by atoms with Gasteiger partial charge in [-0.1, -0.05) is 15.9 Å². The summed E-state index contributed by atoms with van der Waals surface area (Å²) >= 11 is 3.31. The van der Waals surface area contributed by atoms with Crippen LogP contribution in [-0.2, 0) is 28.1 Å². The van der Waals surface area contributed by atoms with Crippen LogP contribution in [-0.4, -0.2) is 47.7 Å². The molecule has 2 aromatic rings. The number of carbonyl (C=O) groups is 1. The molecule has 0 amide bonds. The predicted molar refractivity (Wildman–Crippen MR) is 123 cm³/mol. The molecule has 0 spiro atoms. The molecule has 1 aliphatic rings. The monoisotopic (exact) mass is 561 g/mol. The van der Waals surface area contributed by atoms with Crippen LogP contribution in [0.25, 0.3) is 0 Å². The molecule has 4 atom stereocenters. The molecule has 1 aromatic carbocycles. The van der Waals surface area contributed by atoms with Crippen LogP contribution in [0, 0.1) is 6.92 Å². The number of hydrogen-bond donors (Lipinski definition) is 2. The van der Waals surface area contributed by atoms with E-state index in [4.69, 9.17) is 23.3 Å². The lowest BCUT2D eigenvalue weighted by atomic mass is 10.3. The Kier molecular flexibility index (Phi) is 8.85. The Morgan fingerprint density at radius 1 is 1.35 bits per heavy atom. The average Bonchev–Trinajstić information content (AvgIpc) is 3.25. The van der Waals surface area contributed by atoms with E-state index in [2.05, 4.69) is 26.0 Å².